The first-order chi connectivity index (χ1) is 6.58. The van der Waals surface area contributed by atoms with Crippen LogP contribution >= 0.6 is 0 Å². The van der Waals surface area contributed by atoms with Gasteiger partial charge in [-0.2, -0.15) is 4.68 Å². The van der Waals surface area contributed by atoms with Gasteiger partial charge in [-0.1, -0.05) is 0 Å². The standard InChI is InChI=1S/C7H8N4O3/c1-9-3-5-2-6(11(13)14)8-10(5)4-7(9)12/h2H,3-4H2,1H3. The molecule has 74 valence electrons. The van der Waals surface area contributed by atoms with Crippen molar-refractivity contribution in [3.05, 3.63) is 21.9 Å². The summed E-state index contributed by atoms with van der Waals surface area (Å²) in [7, 11) is 1.66. The fraction of sp³-hybridized carbons (Fsp3) is 0.429. The van der Waals surface area contributed by atoms with Crippen molar-refractivity contribution in [3.8, 4) is 0 Å². The van der Waals surface area contributed by atoms with E-state index in [1.807, 2.05) is 0 Å². The molecule has 0 unspecified atom stereocenters. The molecule has 0 radical (unpaired) electrons. The minimum absolute atomic E-state index is 0.0830. The zero-order valence-electron chi connectivity index (χ0n) is 7.51. The van der Waals surface area contributed by atoms with Crippen LogP contribution in [0.3, 0.4) is 0 Å². The Morgan fingerprint density at radius 3 is 2.93 bits per heavy atom. The average molecular weight is 196 g/mol. The van der Waals surface area contributed by atoms with Crippen LogP contribution < -0.4 is 0 Å². The molecule has 0 aliphatic carbocycles. The molecule has 0 bridgehead atoms. The third-order valence-corrected chi connectivity index (χ3v) is 2.15. The lowest BCUT2D eigenvalue weighted by Gasteiger charge is -2.20. The molecule has 0 saturated heterocycles. The van der Waals surface area contributed by atoms with Gasteiger partial charge in [-0.05, 0) is 4.92 Å². The van der Waals surface area contributed by atoms with Gasteiger partial charge >= 0.3 is 5.82 Å². The van der Waals surface area contributed by atoms with Gasteiger partial charge in [0.15, 0.2) is 0 Å². The van der Waals surface area contributed by atoms with E-state index in [0.717, 1.165) is 0 Å². The number of carbonyl (C=O) groups excluding carboxylic acids is 1. The summed E-state index contributed by atoms with van der Waals surface area (Å²) in [5.41, 5.74) is 0.693. The number of likely N-dealkylation sites (N-methyl/N-ethyl adjacent to an activating group) is 1. The van der Waals surface area contributed by atoms with Gasteiger partial charge in [0, 0.05) is 7.05 Å². The van der Waals surface area contributed by atoms with Gasteiger partial charge in [0.25, 0.3) is 0 Å². The second-order valence-corrected chi connectivity index (χ2v) is 3.16. The molecule has 7 nitrogen and oxygen atoms in total. The molecule has 1 aliphatic rings. The third kappa shape index (κ3) is 1.22. The van der Waals surface area contributed by atoms with Crippen molar-refractivity contribution in [2.75, 3.05) is 7.05 Å². The molecule has 7 heteroatoms. The Morgan fingerprint density at radius 1 is 1.57 bits per heavy atom. The molecule has 0 saturated carbocycles. The molecular weight excluding hydrogens is 188 g/mol. The van der Waals surface area contributed by atoms with Gasteiger partial charge in [0.1, 0.15) is 6.54 Å². The number of aromatic nitrogens is 2. The van der Waals surface area contributed by atoms with Crippen LogP contribution in [0.4, 0.5) is 5.82 Å². The number of nitro groups is 1. The Kier molecular flexibility index (Phi) is 1.73. The molecule has 0 fully saturated rings. The maximum atomic E-state index is 11.2. The number of carbonyl (C=O) groups is 1. The predicted molar refractivity (Wildman–Crippen MR) is 45.4 cm³/mol. The lowest BCUT2D eigenvalue weighted by molar-refractivity contribution is -0.389. The first-order valence-electron chi connectivity index (χ1n) is 4.03. The van der Waals surface area contributed by atoms with Crippen LogP contribution in [0, 0.1) is 10.1 Å². The minimum atomic E-state index is -0.560. The van der Waals surface area contributed by atoms with Crippen molar-refractivity contribution < 1.29 is 9.72 Å². The molecule has 1 aromatic heterocycles. The van der Waals surface area contributed by atoms with E-state index in [0.29, 0.717) is 12.2 Å². The number of fused-ring (bicyclic) bond motifs is 1. The lowest BCUT2D eigenvalue weighted by atomic mass is 10.3. The normalized spacial score (nSPS) is 15.5. The van der Waals surface area contributed by atoms with Crippen molar-refractivity contribution in [2.24, 2.45) is 0 Å². The fourth-order valence-electron chi connectivity index (χ4n) is 1.37. The van der Waals surface area contributed by atoms with Crippen molar-refractivity contribution in [1.82, 2.24) is 14.7 Å². The second-order valence-electron chi connectivity index (χ2n) is 3.16. The van der Waals surface area contributed by atoms with E-state index in [1.54, 1.807) is 7.05 Å². The van der Waals surface area contributed by atoms with Crippen LogP contribution in [-0.4, -0.2) is 32.6 Å². The third-order valence-electron chi connectivity index (χ3n) is 2.15. The highest BCUT2D eigenvalue weighted by molar-refractivity contribution is 5.76. The molecule has 0 spiro atoms. The van der Waals surface area contributed by atoms with Gasteiger partial charge in [-0.15, -0.1) is 0 Å². The summed E-state index contributed by atoms with van der Waals surface area (Å²) >= 11 is 0. The molecule has 14 heavy (non-hydrogen) atoms. The second kappa shape index (κ2) is 2.79. The van der Waals surface area contributed by atoms with E-state index < -0.39 is 4.92 Å². The van der Waals surface area contributed by atoms with Gasteiger partial charge in [-0.25, -0.2) is 0 Å². The van der Waals surface area contributed by atoms with E-state index in [9.17, 15) is 14.9 Å². The zero-order valence-corrected chi connectivity index (χ0v) is 7.51. The Labute approximate surface area is 79.1 Å². The summed E-state index contributed by atoms with van der Waals surface area (Å²) in [6.45, 7) is 0.458. The van der Waals surface area contributed by atoms with E-state index >= 15 is 0 Å². The summed E-state index contributed by atoms with van der Waals surface area (Å²) in [5, 5.41) is 14.1. The van der Waals surface area contributed by atoms with E-state index in [2.05, 4.69) is 5.10 Å². The van der Waals surface area contributed by atoms with E-state index in [4.69, 9.17) is 0 Å². The van der Waals surface area contributed by atoms with Crippen molar-refractivity contribution >= 4 is 11.7 Å². The maximum absolute atomic E-state index is 11.2. The van der Waals surface area contributed by atoms with Crippen molar-refractivity contribution in [2.45, 2.75) is 13.1 Å². The Hall–Kier alpha value is -1.92. The van der Waals surface area contributed by atoms with Gasteiger partial charge < -0.3 is 15.0 Å². The summed E-state index contributed by atoms with van der Waals surface area (Å²) in [6.07, 6.45) is 0. The molecule has 2 heterocycles. The predicted octanol–water partition coefficient (Wildman–Crippen LogP) is -0.237. The number of nitrogens with zero attached hydrogens (tertiary/aromatic N) is 4. The molecule has 0 atom stereocenters. The first kappa shape index (κ1) is 8.67. The largest absolute Gasteiger partial charge is 0.390 e. The number of rotatable bonds is 1. The Balaban J connectivity index is 2.38. The lowest BCUT2D eigenvalue weighted by Crippen LogP contribution is -2.36. The number of hydrogen-bond acceptors (Lipinski definition) is 4. The summed E-state index contributed by atoms with van der Waals surface area (Å²) in [6, 6.07) is 1.39. The topological polar surface area (TPSA) is 81.3 Å². The van der Waals surface area contributed by atoms with E-state index in [1.165, 1.54) is 15.6 Å². The maximum Gasteiger partial charge on any atom is 0.390 e. The number of hydrogen-bond donors (Lipinski definition) is 0. The van der Waals surface area contributed by atoms with Crippen molar-refractivity contribution in [3.63, 3.8) is 0 Å². The number of amides is 1. The van der Waals surface area contributed by atoms with Crippen LogP contribution in [0.15, 0.2) is 6.07 Å². The van der Waals surface area contributed by atoms with Gasteiger partial charge in [-0.3, -0.25) is 4.79 Å². The molecule has 0 aromatic carbocycles. The summed E-state index contributed by atoms with van der Waals surface area (Å²) < 4.78 is 1.38. The fourth-order valence-corrected chi connectivity index (χ4v) is 1.37. The SMILES string of the molecule is CN1Cc2cc([N+](=O)[O-])nn2CC1=O. The average Bonchev–Trinajstić information content (AvgIpc) is 2.48. The monoisotopic (exact) mass is 196 g/mol. The van der Waals surface area contributed by atoms with Gasteiger partial charge in [0.05, 0.1) is 23.4 Å². The molecule has 2 rings (SSSR count). The molecule has 1 aromatic rings. The summed E-state index contributed by atoms with van der Waals surface area (Å²) in [4.78, 5) is 22.6. The zero-order chi connectivity index (χ0) is 10.3. The summed E-state index contributed by atoms with van der Waals surface area (Å²) in [5.74, 6) is -0.293. The van der Waals surface area contributed by atoms with Crippen LogP contribution in [0.5, 0.6) is 0 Å². The smallest absolute Gasteiger partial charge is 0.358 e. The van der Waals surface area contributed by atoms with Crippen LogP contribution in [0.1, 0.15) is 5.69 Å². The highest BCUT2D eigenvalue weighted by Crippen LogP contribution is 2.17. The molecule has 0 N–H and O–H groups in total. The minimum Gasteiger partial charge on any atom is -0.358 e. The van der Waals surface area contributed by atoms with Crippen LogP contribution in [0.25, 0.3) is 0 Å². The van der Waals surface area contributed by atoms with Crippen LogP contribution in [-0.2, 0) is 17.9 Å². The highest BCUT2D eigenvalue weighted by atomic mass is 16.6. The van der Waals surface area contributed by atoms with Gasteiger partial charge in [0.2, 0.25) is 5.91 Å². The molecule has 1 amide bonds. The molecular formula is C7H8N4O3. The quantitative estimate of drug-likeness (QED) is 0.458. The van der Waals surface area contributed by atoms with Crippen LogP contribution in [0.2, 0.25) is 0 Å². The van der Waals surface area contributed by atoms with E-state index in [-0.39, 0.29) is 18.3 Å². The van der Waals surface area contributed by atoms with Crippen molar-refractivity contribution in [1.29, 1.82) is 0 Å². The Bertz CT molecular complexity index is 411. The Morgan fingerprint density at radius 2 is 2.29 bits per heavy atom. The first-order valence-corrected chi connectivity index (χ1v) is 4.03. The highest BCUT2D eigenvalue weighted by Gasteiger charge is 2.26. The molecule has 1 aliphatic heterocycles.